The average molecular weight is 228 g/mol. The van der Waals surface area contributed by atoms with Gasteiger partial charge in [0.1, 0.15) is 11.1 Å². The van der Waals surface area contributed by atoms with Crippen LogP contribution in [0.3, 0.4) is 0 Å². The Hall–Kier alpha value is -0.450. The van der Waals surface area contributed by atoms with E-state index in [4.69, 9.17) is 10.5 Å². The molecule has 86 valence electrons. The molecule has 1 aromatic rings. The Balaban J connectivity index is 2.80. The van der Waals surface area contributed by atoms with Gasteiger partial charge in [-0.05, 0) is 20.3 Å². The van der Waals surface area contributed by atoms with Crippen LogP contribution in [0, 0.1) is 6.92 Å². The van der Waals surface area contributed by atoms with Gasteiger partial charge in [0.2, 0.25) is 0 Å². The maximum absolute atomic E-state index is 5.69. The van der Waals surface area contributed by atoms with Crippen LogP contribution in [0.15, 0.2) is 0 Å². The second-order valence-electron chi connectivity index (χ2n) is 3.50. The van der Waals surface area contributed by atoms with Crippen molar-refractivity contribution >= 4 is 11.3 Å². The molecule has 4 heteroatoms. The highest BCUT2D eigenvalue weighted by atomic mass is 32.1. The molecule has 15 heavy (non-hydrogen) atoms. The van der Waals surface area contributed by atoms with Crippen molar-refractivity contribution in [3.05, 3.63) is 15.6 Å². The van der Waals surface area contributed by atoms with E-state index in [0.717, 1.165) is 30.2 Å². The zero-order valence-electron chi connectivity index (χ0n) is 9.75. The fourth-order valence-corrected chi connectivity index (χ4v) is 2.55. The molecular weight excluding hydrogens is 208 g/mol. The number of thiazole rings is 1. The monoisotopic (exact) mass is 228 g/mol. The van der Waals surface area contributed by atoms with Crippen molar-refractivity contribution in [2.45, 2.75) is 46.3 Å². The second kappa shape index (κ2) is 6.20. The minimum Gasteiger partial charge on any atom is -0.371 e. The van der Waals surface area contributed by atoms with Crippen molar-refractivity contribution in [3.63, 3.8) is 0 Å². The van der Waals surface area contributed by atoms with E-state index in [1.54, 1.807) is 11.3 Å². The summed E-state index contributed by atoms with van der Waals surface area (Å²) in [7, 11) is 0. The summed E-state index contributed by atoms with van der Waals surface area (Å²) in [5, 5.41) is 1.08. The lowest BCUT2D eigenvalue weighted by Gasteiger charge is -2.12. The molecule has 0 spiro atoms. The molecule has 2 N–H and O–H groups in total. The normalized spacial score (nSPS) is 13.1. The fourth-order valence-electron chi connectivity index (χ4n) is 1.52. The second-order valence-corrected chi connectivity index (χ2v) is 4.61. The van der Waals surface area contributed by atoms with Gasteiger partial charge in [0.15, 0.2) is 0 Å². The van der Waals surface area contributed by atoms with E-state index >= 15 is 0 Å². The summed E-state index contributed by atoms with van der Waals surface area (Å²) in [5.74, 6) is 0. The molecule has 0 amide bonds. The summed E-state index contributed by atoms with van der Waals surface area (Å²) in [5.41, 5.74) is 6.70. The summed E-state index contributed by atoms with van der Waals surface area (Å²) >= 11 is 1.69. The third-order valence-corrected chi connectivity index (χ3v) is 3.56. The maximum atomic E-state index is 5.69. The van der Waals surface area contributed by atoms with E-state index in [0.29, 0.717) is 6.54 Å². The Labute approximate surface area is 95.7 Å². The highest BCUT2D eigenvalue weighted by Crippen LogP contribution is 2.28. The summed E-state index contributed by atoms with van der Waals surface area (Å²) < 4.78 is 5.69. The Bertz CT molecular complexity index is 293. The largest absolute Gasteiger partial charge is 0.371 e. The van der Waals surface area contributed by atoms with Crippen LogP contribution in [0.5, 0.6) is 0 Å². The molecule has 1 unspecified atom stereocenters. The minimum atomic E-state index is 0.156. The van der Waals surface area contributed by atoms with Crippen LogP contribution < -0.4 is 5.73 Å². The van der Waals surface area contributed by atoms with Crippen molar-refractivity contribution in [2.24, 2.45) is 5.73 Å². The number of hydrogen-bond acceptors (Lipinski definition) is 4. The molecule has 0 aliphatic rings. The third-order valence-electron chi connectivity index (χ3n) is 2.29. The van der Waals surface area contributed by atoms with E-state index in [1.165, 1.54) is 4.88 Å². The van der Waals surface area contributed by atoms with Crippen molar-refractivity contribution in [1.29, 1.82) is 0 Å². The summed E-state index contributed by atoms with van der Waals surface area (Å²) in [6, 6.07) is 0. The van der Waals surface area contributed by atoms with Gasteiger partial charge in [-0.1, -0.05) is 13.3 Å². The van der Waals surface area contributed by atoms with Gasteiger partial charge >= 0.3 is 0 Å². The predicted molar refractivity (Wildman–Crippen MR) is 64.0 cm³/mol. The van der Waals surface area contributed by atoms with Crippen LogP contribution in [-0.4, -0.2) is 11.6 Å². The van der Waals surface area contributed by atoms with Crippen molar-refractivity contribution < 1.29 is 4.74 Å². The zero-order valence-corrected chi connectivity index (χ0v) is 10.6. The number of aryl methyl sites for hydroxylation is 1. The molecule has 0 radical (unpaired) electrons. The minimum absolute atomic E-state index is 0.156. The number of hydrogen-bond donors (Lipinski definition) is 1. The summed E-state index contributed by atoms with van der Waals surface area (Å²) in [6.45, 7) is 7.51. The molecule has 0 aliphatic carbocycles. The first kappa shape index (κ1) is 12.6. The number of ether oxygens (including phenoxy) is 1. The van der Waals surface area contributed by atoms with Gasteiger partial charge in [0, 0.05) is 18.0 Å². The number of rotatable bonds is 6. The fraction of sp³-hybridized carbons (Fsp3) is 0.727. The van der Waals surface area contributed by atoms with Gasteiger partial charge in [-0.25, -0.2) is 4.98 Å². The van der Waals surface area contributed by atoms with Crippen LogP contribution in [0.4, 0.5) is 0 Å². The smallest absolute Gasteiger partial charge is 0.122 e. The molecule has 0 aromatic carbocycles. The van der Waals surface area contributed by atoms with Gasteiger partial charge in [-0.15, -0.1) is 11.3 Å². The summed E-state index contributed by atoms with van der Waals surface area (Å²) in [4.78, 5) is 5.70. The van der Waals surface area contributed by atoms with Crippen LogP contribution in [-0.2, 0) is 11.3 Å². The van der Waals surface area contributed by atoms with Gasteiger partial charge in [-0.3, -0.25) is 0 Å². The third kappa shape index (κ3) is 3.26. The van der Waals surface area contributed by atoms with Gasteiger partial charge < -0.3 is 10.5 Å². The van der Waals surface area contributed by atoms with Gasteiger partial charge in [0.05, 0.1) is 5.69 Å². The van der Waals surface area contributed by atoms with Gasteiger partial charge in [0.25, 0.3) is 0 Å². The Morgan fingerprint density at radius 1 is 1.47 bits per heavy atom. The zero-order chi connectivity index (χ0) is 11.3. The topological polar surface area (TPSA) is 48.1 Å². The highest BCUT2D eigenvalue weighted by molar-refractivity contribution is 7.11. The van der Waals surface area contributed by atoms with Crippen molar-refractivity contribution in [3.8, 4) is 0 Å². The lowest BCUT2D eigenvalue weighted by atomic mass is 10.2. The number of aromatic nitrogens is 1. The van der Waals surface area contributed by atoms with Crippen molar-refractivity contribution in [2.75, 3.05) is 6.61 Å². The van der Waals surface area contributed by atoms with E-state index in [2.05, 4.69) is 11.9 Å². The number of nitrogens with zero attached hydrogens (tertiary/aromatic N) is 1. The van der Waals surface area contributed by atoms with Gasteiger partial charge in [-0.2, -0.15) is 0 Å². The van der Waals surface area contributed by atoms with E-state index < -0.39 is 0 Å². The van der Waals surface area contributed by atoms with Crippen LogP contribution >= 0.6 is 11.3 Å². The molecule has 0 bridgehead atoms. The van der Waals surface area contributed by atoms with E-state index in [9.17, 15) is 0 Å². The molecule has 0 saturated carbocycles. The van der Waals surface area contributed by atoms with E-state index in [1.807, 2.05) is 13.8 Å². The quantitative estimate of drug-likeness (QED) is 0.814. The molecule has 0 aliphatic heterocycles. The Morgan fingerprint density at radius 2 is 2.20 bits per heavy atom. The highest BCUT2D eigenvalue weighted by Gasteiger charge is 2.16. The molecule has 1 rings (SSSR count). The predicted octanol–water partition coefficient (Wildman–Crippen LogP) is 2.79. The maximum Gasteiger partial charge on any atom is 0.122 e. The molecule has 0 saturated heterocycles. The summed E-state index contributed by atoms with van der Waals surface area (Å²) in [6.07, 6.45) is 2.30. The molecule has 1 aromatic heterocycles. The first-order valence-corrected chi connectivity index (χ1v) is 6.32. The first-order valence-electron chi connectivity index (χ1n) is 5.50. The van der Waals surface area contributed by atoms with Crippen LogP contribution in [0.1, 0.15) is 48.4 Å². The van der Waals surface area contributed by atoms with Crippen LogP contribution in [0.25, 0.3) is 0 Å². The van der Waals surface area contributed by atoms with E-state index in [-0.39, 0.29) is 6.10 Å². The molecule has 1 heterocycles. The molecule has 1 atom stereocenters. The molecule has 3 nitrogen and oxygen atoms in total. The molecule has 0 fully saturated rings. The van der Waals surface area contributed by atoms with Crippen molar-refractivity contribution in [1.82, 2.24) is 4.98 Å². The molecular formula is C11H20N2OS. The van der Waals surface area contributed by atoms with Crippen LogP contribution in [0.2, 0.25) is 0 Å². The lowest BCUT2D eigenvalue weighted by Crippen LogP contribution is -2.03. The lowest BCUT2D eigenvalue weighted by molar-refractivity contribution is 0.0554. The average Bonchev–Trinajstić information content (AvgIpc) is 2.59. The SMILES string of the molecule is CCCC(OCC)c1nc(C)c(CN)s1. The Kier molecular flexibility index (Phi) is 5.22. The first-order chi connectivity index (χ1) is 7.22. The number of nitrogens with two attached hydrogens (primary N) is 1. The standard InChI is InChI=1S/C11H20N2OS/c1-4-6-9(14-5-2)11-13-8(3)10(7-12)15-11/h9H,4-7,12H2,1-3H3. The Morgan fingerprint density at radius 3 is 2.67 bits per heavy atom.